The first-order chi connectivity index (χ1) is 13.3. The molecule has 0 spiro atoms. The zero-order chi connectivity index (χ0) is 20.3. The molecule has 10 heteroatoms. The van der Waals surface area contributed by atoms with Gasteiger partial charge in [0.2, 0.25) is 10.0 Å². The second-order valence-corrected chi connectivity index (χ2v) is 8.76. The van der Waals surface area contributed by atoms with Gasteiger partial charge in [-0.15, -0.1) is 0 Å². The molecule has 1 aromatic carbocycles. The van der Waals surface area contributed by atoms with Crippen LogP contribution in [0.5, 0.6) is 11.5 Å². The number of ether oxygens (including phenoxy) is 3. The van der Waals surface area contributed by atoms with Crippen LogP contribution in [-0.4, -0.2) is 57.0 Å². The Kier molecular flexibility index (Phi) is 6.09. The molecule has 154 valence electrons. The summed E-state index contributed by atoms with van der Waals surface area (Å²) in [4.78, 5) is 23.2. The molecule has 2 heterocycles. The first kappa shape index (κ1) is 20.4. The molecule has 0 aliphatic carbocycles. The van der Waals surface area contributed by atoms with Crippen molar-refractivity contribution >= 4 is 21.9 Å². The maximum atomic E-state index is 13.0. The minimum absolute atomic E-state index is 0.125. The molecular formula is C18H24N2O7S. The van der Waals surface area contributed by atoms with Gasteiger partial charge in [0, 0.05) is 25.6 Å². The van der Waals surface area contributed by atoms with Crippen molar-refractivity contribution in [2.45, 2.75) is 37.2 Å². The highest BCUT2D eigenvalue weighted by atomic mass is 32.2. The van der Waals surface area contributed by atoms with Crippen LogP contribution in [-0.2, 0) is 24.3 Å². The van der Waals surface area contributed by atoms with E-state index in [1.807, 2.05) is 0 Å². The summed E-state index contributed by atoms with van der Waals surface area (Å²) in [6.07, 6.45) is 0.354. The number of fused-ring (bicyclic) bond motifs is 1. The number of carbonyl (C=O) groups excluding carboxylic acids is 2. The Bertz CT molecular complexity index is 847. The number of piperidine rings is 1. The molecule has 2 N–H and O–H groups in total. The van der Waals surface area contributed by atoms with Crippen LogP contribution in [0, 0.1) is 5.92 Å². The Morgan fingerprint density at radius 2 is 1.82 bits per heavy atom. The number of primary amides is 1. The van der Waals surface area contributed by atoms with Gasteiger partial charge in [-0.3, -0.25) is 9.59 Å². The van der Waals surface area contributed by atoms with E-state index in [-0.39, 0.29) is 18.0 Å². The van der Waals surface area contributed by atoms with Gasteiger partial charge in [0.05, 0.1) is 24.0 Å². The van der Waals surface area contributed by atoms with Crippen LogP contribution in [0.1, 0.15) is 26.2 Å². The highest BCUT2D eigenvalue weighted by molar-refractivity contribution is 7.89. The lowest BCUT2D eigenvalue weighted by Crippen LogP contribution is -2.41. The summed E-state index contributed by atoms with van der Waals surface area (Å²) in [6.45, 7) is 2.76. The summed E-state index contributed by atoms with van der Waals surface area (Å²) in [5, 5.41) is 0. The molecule has 28 heavy (non-hydrogen) atoms. The Labute approximate surface area is 163 Å². The van der Waals surface area contributed by atoms with E-state index in [1.165, 1.54) is 23.4 Å². The summed E-state index contributed by atoms with van der Waals surface area (Å²) in [5.74, 6) is -0.766. The summed E-state index contributed by atoms with van der Waals surface area (Å²) < 4.78 is 43.4. The van der Waals surface area contributed by atoms with Crippen molar-refractivity contribution in [2.24, 2.45) is 11.7 Å². The lowest BCUT2D eigenvalue weighted by molar-refractivity contribution is -0.159. The lowest BCUT2D eigenvalue weighted by Gasteiger charge is -2.30. The number of amides is 1. The van der Waals surface area contributed by atoms with Crippen molar-refractivity contribution in [1.82, 2.24) is 4.31 Å². The molecule has 1 aromatic rings. The van der Waals surface area contributed by atoms with E-state index in [0.29, 0.717) is 37.6 Å². The van der Waals surface area contributed by atoms with Crippen molar-refractivity contribution in [1.29, 1.82) is 0 Å². The van der Waals surface area contributed by atoms with Crippen molar-refractivity contribution in [3.63, 3.8) is 0 Å². The normalized spacial score (nSPS) is 19.5. The highest BCUT2D eigenvalue weighted by Crippen LogP contribution is 2.33. The van der Waals surface area contributed by atoms with Crippen LogP contribution < -0.4 is 15.2 Å². The first-order valence-corrected chi connectivity index (χ1v) is 10.6. The Balaban J connectivity index is 1.66. The van der Waals surface area contributed by atoms with Gasteiger partial charge < -0.3 is 19.9 Å². The van der Waals surface area contributed by atoms with Gasteiger partial charge in [0.15, 0.2) is 17.6 Å². The molecule has 3 rings (SSSR count). The fraction of sp³-hybridized carbons (Fsp3) is 0.556. The molecule has 9 nitrogen and oxygen atoms in total. The molecular weight excluding hydrogens is 388 g/mol. The van der Waals surface area contributed by atoms with Crippen LogP contribution in [0.4, 0.5) is 0 Å². The van der Waals surface area contributed by atoms with Gasteiger partial charge in [0.1, 0.15) is 0 Å². The summed E-state index contributed by atoms with van der Waals surface area (Å²) in [7, 11) is -3.72. The zero-order valence-electron chi connectivity index (χ0n) is 15.6. The molecule has 1 amide bonds. The van der Waals surface area contributed by atoms with Gasteiger partial charge in [0.25, 0.3) is 5.91 Å². The van der Waals surface area contributed by atoms with Crippen LogP contribution in [0.3, 0.4) is 0 Å². The minimum atomic E-state index is -3.72. The summed E-state index contributed by atoms with van der Waals surface area (Å²) in [6, 6.07) is 4.57. The van der Waals surface area contributed by atoms with Crippen molar-refractivity contribution in [2.75, 3.05) is 26.3 Å². The standard InChI is InChI=1S/C18H24N2O7S/c1-12(17(19)21)27-18(22)13-5-7-20(8-6-13)28(23,24)14-3-4-15-16(11-14)26-10-2-9-25-15/h3-4,11-13H,2,5-10H2,1H3,(H2,19,21). The third kappa shape index (κ3) is 4.39. The van der Waals surface area contributed by atoms with Crippen LogP contribution in [0.15, 0.2) is 23.1 Å². The molecule has 1 saturated heterocycles. The Morgan fingerprint density at radius 1 is 1.18 bits per heavy atom. The van der Waals surface area contributed by atoms with E-state index in [4.69, 9.17) is 19.9 Å². The zero-order valence-corrected chi connectivity index (χ0v) is 16.4. The maximum Gasteiger partial charge on any atom is 0.309 e. The number of nitrogens with zero attached hydrogens (tertiary/aromatic N) is 1. The third-order valence-corrected chi connectivity index (χ3v) is 6.73. The Hall–Kier alpha value is -2.33. The van der Waals surface area contributed by atoms with E-state index in [1.54, 1.807) is 6.07 Å². The first-order valence-electron chi connectivity index (χ1n) is 9.18. The Morgan fingerprint density at radius 3 is 2.46 bits per heavy atom. The molecule has 0 saturated carbocycles. The number of benzene rings is 1. The summed E-state index contributed by atoms with van der Waals surface area (Å²) >= 11 is 0. The predicted octanol–water partition coefficient (Wildman–Crippen LogP) is 0.666. The fourth-order valence-corrected chi connectivity index (χ4v) is 4.60. The number of rotatable bonds is 5. The van der Waals surface area contributed by atoms with Crippen LogP contribution in [0.25, 0.3) is 0 Å². The second-order valence-electron chi connectivity index (χ2n) is 6.82. The lowest BCUT2D eigenvalue weighted by atomic mass is 9.98. The molecule has 1 unspecified atom stereocenters. The smallest absolute Gasteiger partial charge is 0.309 e. The van der Waals surface area contributed by atoms with E-state index < -0.39 is 33.9 Å². The molecule has 2 aliphatic heterocycles. The van der Waals surface area contributed by atoms with Crippen molar-refractivity contribution in [3.05, 3.63) is 18.2 Å². The highest BCUT2D eigenvalue weighted by Gasteiger charge is 2.34. The van der Waals surface area contributed by atoms with E-state index in [0.717, 1.165) is 6.42 Å². The minimum Gasteiger partial charge on any atom is -0.490 e. The molecule has 0 radical (unpaired) electrons. The average Bonchev–Trinajstić information content (AvgIpc) is 2.92. The SMILES string of the molecule is CC(OC(=O)C1CCN(S(=O)(=O)c2ccc3c(c2)OCCCO3)CC1)C(N)=O. The molecule has 1 fully saturated rings. The van der Waals surface area contributed by atoms with Gasteiger partial charge >= 0.3 is 5.97 Å². The topological polar surface area (TPSA) is 125 Å². The largest absolute Gasteiger partial charge is 0.490 e. The number of hydrogen-bond donors (Lipinski definition) is 1. The number of hydrogen-bond acceptors (Lipinski definition) is 7. The molecule has 2 aliphatic rings. The molecule has 0 bridgehead atoms. The second kappa shape index (κ2) is 8.36. The van der Waals surface area contributed by atoms with Gasteiger partial charge in [-0.2, -0.15) is 4.31 Å². The maximum absolute atomic E-state index is 13.0. The van der Waals surface area contributed by atoms with Crippen LogP contribution >= 0.6 is 0 Å². The predicted molar refractivity (Wildman–Crippen MR) is 98.3 cm³/mol. The molecule has 1 atom stereocenters. The number of nitrogens with two attached hydrogens (primary N) is 1. The molecule has 0 aromatic heterocycles. The van der Waals surface area contributed by atoms with Crippen LogP contribution in [0.2, 0.25) is 0 Å². The number of carbonyl (C=O) groups is 2. The number of sulfonamides is 1. The van der Waals surface area contributed by atoms with E-state index in [9.17, 15) is 18.0 Å². The van der Waals surface area contributed by atoms with Gasteiger partial charge in [-0.25, -0.2) is 8.42 Å². The third-order valence-electron chi connectivity index (χ3n) is 4.84. The van der Waals surface area contributed by atoms with Crippen molar-refractivity contribution in [3.8, 4) is 11.5 Å². The van der Waals surface area contributed by atoms with E-state index >= 15 is 0 Å². The monoisotopic (exact) mass is 412 g/mol. The van der Waals surface area contributed by atoms with E-state index in [2.05, 4.69) is 0 Å². The fourth-order valence-electron chi connectivity index (χ4n) is 3.11. The average molecular weight is 412 g/mol. The van der Waals surface area contributed by atoms with Gasteiger partial charge in [-0.05, 0) is 31.9 Å². The van der Waals surface area contributed by atoms with Crippen molar-refractivity contribution < 1.29 is 32.2 Å². The van der Waals surface area contributed by atoms with Gasteiger partial charge in [-0.1, -0.05) is 0 Å². The quantitative estimate of drug-likeness (QED) is 0.705. The summed E-state index contributed by atoms with van der Waals surface area (Å²) in [5.41, 5.74) is 5.09. The number of esters is 1.